The Morgan fingerprint density at radius 2 is 1.90 bits per heavy atom. The highest BCUT2D eigenvalue weighted by Gasteiger charge is 2.30. The lowest BCUT2D eigenvalue weighted by molar-refractivity contribution is -0.137. The zero-order valence-corrected chi connectivity index (χ0v) is 11.4. The van der Waals surface area contributed by atoms with Crippen LogP contribution in [0.25, 0.3) is 0 Å². The lowest BCUT2D eigenvalue weighted by Crippen LogP contribution is -2.05. The van der Waals surface area contributed by atoms with E-state index in [-0.39, 0.29) is 6.04 Å². The third-order valence-corrected chi connectivity index (χ3v) is 3.44. The molecule has 0 amide bonds. The molecule has 0 aliphatic rings. The molecular weight excluding hydrogens is 287 g/mol. The molecule has 2 aromatic rings. The molecule has 2 aromatic heterocycles. The Balaban J connectivity index is 2.16. The summed E-state index contributed by atoms with van der Waals surface area (Å²) in [6.07, 6.45) is -1.94. The molecule has 20 heavy (non-hydrogen) atoms. The van der Waals surface area contributed by atoms with Gasteiger partial charge in [-0.2, -0.15) is 13.2 Å². The molecule has 1 atom stereocenters. The van der Waals surface area contributed by atoms with Crippen molar-refractivity contribution in [1.29, 1.82) is 0 Å². The van der Waals surface area contributed by atoms with Crippen molar-refractivity contribution in [2.24, 2.45) is 5.73 Å². The van der Waals surface area contributed by atoms with Crippen molar-refractivity contribution in [3.8, 4) is 0 Å². The number of halogens is 3. The van der Waals surface area contributed by atoms with Gasteiger partial charge in [-0.15, -0.1) is 0 Å². The van der Waals surface area contributed by atoms with Crippen LogP contribution in [-0.2, 0) is 6.18 Å². The van der Waals surface area contributed by atoms with Gasteiger partial charge in [0, 0.05) is 18.4 Å². The van der Waals surface area contributed by atoms with E-state index < -0.39 is 11.7 Å². The number of alkyl halides is 3. The number of hydrogen-bond donors (Lipinski definition) is 1. The summed E-state index contributed by atoms with van der Waals surface area (Å²) < 4.78 is 37.2. The molecule has 0 aliphatic carbocycles. The van der Waals surface area contributed by atoms with Gasteiger partial charge in [0.05, 0.1) is 5.56 Å². The quantitative estimate of drug-likeness (QED) is 0.939. The van der Waals surface area contributed by atoms with Gasteiger partial charge in [0.25, 0.3) is 0 Å². The Kier molecular flexibility index (Phi) is 4.29. The minimum absolute atomic E-state index is 0.127. The van der Waals surface area contributed by atoms with Crippen molar-refractivity contribution in [1.82, 2.24) is 9.97 Å². The Bertz CT molecular complexity index is 582. The fraction of sp³-hybridized carbons (Fsp3) is 0.231. The van der Waals surface area contributed by atoms with Crippen LogP contribution in [0.4, 0.5) is 13.2 Å². The van der Waals surface area contributed by atoms with Crippen molar-refractivity contribution in [3.63, 3.8) is 0 Å². The van der Waals surface area contributed by atoms with Gasteiger partial charge in [-0.25, -0.2) is 9.97 Å². The Hall–Kier alpha value is -1.60. The van der Waals surface area contributed by atoms with Crippen LogP contribution < -0.4 is 5.73 Å². The Labute approximate surface area is 118 Å². The number of rotatable bonds is 3. The van der Waals surface area contributed by atoms with Crippen LogP contribution in [0.5, 0.6) is 0 Å². The second kappa shape index (κ2) is 5.80. The van der Waals surface area contributed by atoms with E-state index in [1.807, 2.05) is 6.92 Å². The molecule has 0 saturated carbocycles. The molecule has 0 spiro atoms. The molecule has 1 unspecified atom stereocenters. The van der Waals surface area contributed by atoms with Crippen LogP contribution in [0.3, 0.4) is 0 Å². The molecule has 0 saturated heterocycles. The molecule has 2 rings (SSSR count). The molecule has 3 nitrogen and oxygen atoms in total. The van der Waals surface area contributed by atoms with Crippen LogP contribution in [0.2, 0.25) is 0 Å². The first-order valence-corrected chi connectivity index (χ1v) is 6.60. The van der Waals surface area contributed by atoms with E-state index in [2.05, 4.69) is 9.97 Å². The van der Waals surface area contributed by atoms with Gasteiger partial charge in [-0.05, 0) is 36.8 Å². The summed E-state index contributed by atoms with van der Waals surface area (Å²) >= 11 is 1.19. The van der Waals surface area contributed by atoms with Gasteiger partial charge in [-0.3, -0.25) is 0 Å². The van der Waals surface area contributed by atoms with Crippen LogP contribution in [-0.4, -0.2) is 9.97 Å². The van der Waals surface area contributed by atoms with E-state index in [1.165, 1.54) is 17.8 Å². The molecule has 0 aliphatic heterocycles. The SMILES string of the molecule is CC(N)c1ccnc(Sc2ccc(C(F)(F)F)cn2)c1. The van der Waals surface area contributed by atoms with Gasteiger partial charge >= 0.3 is 6.18 Å². The van der Waals surface area contributed by atoms with Gasteiger partial charge in [-0.1, -0.05) is 11.8 Å². The lowest BCUT2D eigenvalue weighted by Gasteiger charge is -2.08. The predicted octanol–water partition coefficient (Wildman–Crippen LogP) is 3.67. The van der Waals surface area contributed by atoms with E-state index in [4.69, 9.17) is 5.73 Å². The second-order valence-electron chi connectivity index (χ2n) is 4.20. The Morgan fingerprint density at radius 3 is 2.45 bits per heavy atom. The van der Waals surface area contributed by atoms with E-state index in [9.17, 15) is 13.2 Å². The molecule has 0 aromatic carbocycles. The fourth-order valence-corrected chi connectivity index (χ4v) is 2.24. The predicted molar refractivity (Wildman–Crippen MR) is 70.2 cm³/mol. The average Bonchev–Trinajstić information content (AvgIpc) is 2.38. The summed E-state index contributed by atoms with van der Waals surface area (Å²) in [5, 5.41) is 1.10. The van der Waals surface area contributed by atoms with Crippen LogP contribution in [0.15, 0.2) is 46.7 Å². The molecule has 0 bridgehead atoms. The van der Waals surface area contributed by atoms with E-state index >= 15 is 0 Å². The summed E-state index contributed by atoms with van der Waals surface area (Å²) in [6.45, 7) is 1.85. The minimum atomic E-state index is -4.37. The van der Waals surface area contributed by atoms with Crippen LogP contribution >= 0.6 is 11.8 Å². The molecule has 106 valence electrons. The Morgan fingerprint density at radius 1 is 1.15 bits per heavy atom. The van der Waals surface area contributed by atoms with Crippen LogP contribution in [0.1, 0.15) is 24.1 Å². The van der Waals surface area contributed by atoms with Gasteiger partial charge in [0.2, 0.25) is 0 Å². The first-order chi connectivity index (χ1) is 9.36. The highest BCUT2D eigenvalue weighted by molar-refractivity contribution is 7.99. The molecule has 0 fully saturated rings. The van der Waals surface area contributed by atoms with E-state index in [1.54, 1.807) is 18.3 Å². The van der Waals surface area contributed by atoms with Crippen molar-refractivity contribution >= 4 is 11.8 Å². The maximum atomic E-state index is 12.4. The number of hydrogen-bond acceptors (Lipinski definition) is 4. The van der Waals surface area contributed by atoms with Crippen LogP contribution in [0, 0.1) is 0 Å². The summed E-state index contributed by atoms with van der Waals surface area (Å²) in [4.78, 5) is 7.92. The topological polar surface area (TPSA) is 51.8 Å². The van der Waals surface area contributed by atoms with E-state index in [0.29, 0.717) is 10.1 Å². The summed E-state index contributed by atoms with van der Waals surface area (Å²) in [7, 11) is 0. The summed E-state index contributed by atoms with van der Waals surface area (Å²) in [5.41, 5.74) is 5.91. The minimum Gasteiger partial charge on any atom is -0.324 e. The standard InChI is InChI=1S/C13H12F3N3S/c1-8(17)9-4-5-18-12(6-9)20-11-3-2-10(7-19-11)13(14,15)16/h2-8H,17H2,1H3. The van der Waals surface area contributed by atoms with Gasteiger partial charge in [0.15, 0.2) is 0 Å². The third kappa shape index (κ3) is 3.71. The van der Waals surface area contributed by atoms with E-state index in [0.717, 1.165) is 17.8 Å². The van der Waals surface area contributed by atoms with Crippen molar-refractivity contribution in [3.05, 3.63) is 47.8 Å². The zero-order valence-electron chi connectivity index (χ0n) is 10.6. The summed E-state index contributed by atoms with van der Waals surface area (Å²) in [6, 6.07) is 5.81. The molecular formula is C13H12F3N3S. The smallest absolute Gasteiger partial charge is 0.324 e. The lowest BCUT2D eigenvalue weighted by atomic mass is 10.1. The first-order valence-electron chi connectivity index (χ1n) is 5.79. The average molecular weight is 299 g/mol. The zero-order chi connectivity index (χ0) is 14.8. The monoisotopic (exact) mass is 299 g/mol. The maximum Gasteiger partial charge on any atom is 0.417 e. The number of nitrogens with zero attached hydrogens (tertiary/aromatic N) is 2. The number of nitrogens with two attached hydrogens (primary N) is 1. The molecule has 7 heteroatoms. The van der Waals surface area contributed by atoms with Crippen molar-refractivity contribution in [2.45, 2.75) is 29.2 Å². The molecule has 2 N–H and O–H groups in total. The normalized spacial score (nSPS) is 13.2. The first kappa shape index (κ1) is 14.8. The largest absolute Gasteiger partial charge is 0.417 e. The molecule has 0 radical (unpaired) electrons. The van der Waals surface area contributed by atoms with Gasteiger partial charge < -0.3 is 5.73 Å². The van der Waals surface area contributed by atoms with Crippen molar-refractivity contribution < 1.29 is 13.2 Å². The molecule has 2 heterocycles. The van der Waals surface area contributed by atoms with Crippen molar-refractivity contribution in [2.75, 3.05) is 0 Å². The highest BCUT2D eigenvalue weighted by Crippen LogP contribution is 2.31. The fourth-order valence-electron chi connectivity index (χ4n) is 1.48. The van der Waals surface area contributed by atoms with Gasteiger partial charge in [0.1, 0.15) is 10.1 Å². The second-order valence-corrected chi connectivity index (χ2v) is 5.24. The third-order valence-electron chi connectivity index (χ3n) is 2.56. The maximum absolute atomic E-state index is 12.4. The summed E-state index contributed by atoms with van der Waals surface area (Å²) in [5.74, 6) is 0. The highest BCUT2D eigenvalue weighted by atomic mass is 32.2. The number of aromatic nitrogens is 2. The number of pyridine rings is 2.